The van der Waals surface area contributed by atoms with E-state index in [1.807, 2.05) is 17.8 Å². The zero-order valence-electron chi connectivity index (χ0n) is 13.3. The lowest BCUT2D eigenvalue weighted by molar-refractivity contribution is 0.373. The second-order valence-corrected chi connectivity index (χ2v) is 8.18. The zero-order valence-corrected chi connectivity index (χ0v) is 14.1. The lowest BCUT2D eigenvalue weighted by Gasteiger charge is -2.08. The van der Waals surface area contributed by atoms with E-state index in [1.54, 1.807) is 6.07 Å². The lowest BCUT2D eigenvalue weighted by atomic mass is 10.3. The van der Waals surface area contributed by atoms with Crippen LogP contribution >= 0.6 is 0 Å². The van der Waals surface area contributed by atoms with E-state index >= 15 is 0 Å². The molecule has 1 aliphatic carbocycles. The van der Waals surface area contributed by atoms with Crippen LogP contribution in [0.4, 0.5) is 0 Å². The summed E-state index contributed by atoms with van der Waals surface area (Å²) in [6, 6.07) is 2.20. The van der Waals surface area contributed by atoms with Crippen molar-refractivity contribution in [2.75, 3.05) is 0 Å². The quantitative estimate of drug-likeness (QED) is 0.770. The second-order valence-electron chi connectivity index (χ2n) is 6.11. The molecule has 0 amide bonds. The first-order valence-electron chi connectivity index (χ1n) is 8.11. The van der Waals surface area contributed by atoms with Crippen LogP contribution in [0, 0.1) is 0 Å². The van der Waals surface area contributed by atoms with Gasteiger partial charge in [0, 0.05) is 12.6 Å². The minimum Gasteiger partial charge on any atom is -0.339 e. The SMILES string of the molecule is CCCc1nc(CS(=O)(=O)Cc2ccn(C3CCCC3)n2)no1. The van der Waals surface area contributed by atoms with Crippen molar-refractivity contribution in [2.24, 2.45) is 0 Å². The van der Waals surface area contributed by atoms with E-state index < -0.39 is 9.84 Å². The van der Waals surface area contributed by atoms with E-state index in [2.05, 4.69) is 15.2 Å². The maximum absolute atomic E-state index is 12.3. The van der Waals surface area contributed by atoms with E-state index in [-0.39, 0.29) is 17.3 Å². The Kier molecular flexibility index (Phi) is 4.79. The molecule has 7 nitrogen and oxygen atoms in total. The number of sulfone groups is 1. The molecule has 2 aromatic heterocycles. The molecule has 0 bridgehead atoms. The van der Waals surface area contributed by atoms with Gasteiger partial charge in [0.1, 0.15) is 5.75 Å². The van der Waals surface area contributed by atoms with E-state index in [0.717, 1.165) is 19.3 Å². The van der Waals surface area contributed by atoms with Gasteiger partial charge in [-0.25, -0.2) is 8.42 Å². The molecule has 0 aromatic carbocycles. The topological polar surface area (TPSA) is 90.9 Å². The van der Waals surface area contributed by atoms with E-state index in [1.165, 1.54) is 12.8 Å². The third-order valence-electron chi connectivity index (χ3n) is 4.05. The Morgan fingerprint density at radius 3 is 2.83 bits per heavy atom. The Morgan fingerprint density at radius 2 is 2.09 bits per heavy atom. The highest BCUT2D eigenvalue weighted by Crippen LogP contribution is 2.28. The van der Waals surface area contributed by atoms with Gasteiger partial charge in [-0.05, 0) is 25.3 Å². The fourth-order valence-electron chi connectivity index (χ4n) is 2.96. The molecule has 0 saturated heterocycles. The summed E-state index contributed by atoms with van der Waals surface area (Å²) in [6.45, 7) is 2.00. The van der Waals surface area contributed by atoms with Crippen molar-refractivity contribution in [1.29, 1.82) is 0 Å². The van der Waals surface area contributed by atoms with Crippen molar-refractivity contribution in [3.8, 4) is 0 Å². The Balaban J connectivity index is 1.63. The Bertz CT molecular complexity index is 744. The molecule has 1 fully saturated rings. The molecule has 0 aliphatic heterocycles. The maximum Gasteiger partial charge on any atom is 0.226 e. The first-order chi connectivity index (χ1) is 11.1. The zero-order chi connectivity index (χ0) is 16.3. The van der Waals surface area contributed by atoms with Crippen molar-refractivity contribution in [3.05, 3.63) is 29.7 Å². The van der Waals surface area contributed by atoms with Gasteiger partial charge in [0.2, 0.25) is 5.89 Å². The Hall–Kier alpha value is -1.70. The first kappa shape index (κ1) is 16.2. The molecule has 0 N–H and O–H groups in total. The van der Waals surface area contributed by atoms with Crippen molar-refractivity contribution in [1.82, 2.24) is 19.9 Å². The van der Waals surface area contributed by atoms with Gasteiger partial charge in [-0.1, -0.05) is 24.9 Å². The number of rotatable bonds is 7. The van der Waals surface area contributed by atoms with E-state index in [4.69, 9.17) is 4.52 Å². The third-order valence-corrected chi connectivity index (χ3v) is 5.49. The molecule has 1 aliphatic rings. The van der Waals surface area contributed by atoms with Crippen LogP contribution < -0.4 is 0 Å². The van der Waals surface area contributed by atoms with Crippen LogP contribution in [-0.4, -0.2) is 28.3 Å². The molecular weight excluding hydrogens is 316 g/mol. The monoisotopic (exact) mass is 338 g/mol. The third kappa shape index (κ3) is 4.19. The van der Waals surface area contributed by atoms with Crippen LogP contribution in [0.25, 0.3) is 0 Å². The summed E-state index contributed by atoms with van der Waals surface area (Å²) in [5.74, 6) is 0.410. The summed E-state index contributed by atoms with van der Waals surface area (Å²) in [6.07, 6.45) is 8.11. The number of hydrogen-bond donors (Lipinski definition) is 0. The number of aryl methyl sites for hydroxylation is 1. The summed E-state index contributed by atoms with van der Waals surface area (Å²) in [5, 5.41) is 8.17. The standard InChI is InChI=1S/C15H22N4O3S/c1-2-5-15-16-14(18-22-15)11-23(20,21)10-12-8-9-19(17-12)13-6-3-4-7-13/h8-9,13H,2-7,10-11H2,1H3. The molecular formula is C15H22N4O3S. The van der Waals surface area contributed by atoms with Gasteiger partial charge < -0.3 is 4.52 Å². The minimum absolute atomic E-state index is 0.0929. The molecule has 3 rings (SSSR count). The van der Waals surface area contributed by atoms with Gasteiger partial charge in [0.25, 0.3) is 0 Å². The average molecular weight is 338 g/mol. The van der Waals surface area contributed by atoms with Crippen LogP contribution in [0.15, 0.2) is 16.8 Å². The molecule has 2 heterocycles. The summed E-state index contributed by atoms with van der Waals surface area (Å²) >= 11 is 0. The molecule has 0 spiro atoms. The van der Waals surface area contributed by atoms with Gasteiger partial charge >= 0.3 is 0 Å². The van der Waals surface area contributed by atoms with Crippen LogP contribution in [0.5, 0.6) is 0 Å². The normalized spacial score (nSPS) is 16.2. The summed E-state index contributed by atoms with van der Waals surface area (Å²) in [7, 11) is -3.36. The molecule has 0 atom stereocenters. The van der Waals surface area contributed by atoms with E-state index in [0.29, 0.717) is 24.0 Å². The number of hydrogen-bond acceptors (Lipinski definition) is 6. The van der Waals surface area contributed by atoms with Gasteiger partial charge in [0.15, 0.2) is 15.7 Å². The molecule has 23 heavy (non-hydrogen) atoms. The highest BCUT2D eigenvalue weighted by molar-refractivity contribution is 7.89. The van der Waals surface area contributed by atoms with Crippen molar-refractivity contribution in [3.63, 3.8) is 0 Å². The molecule has 2 aromatic rings. The minimum atomic E-state index is -3.36. The van der Waals surface area contributed by atoms with Crippen LogP contribution in [0.1, 0.15) is 62.5 Å². The molecule has 0 unspecified atom stereocenters. The first-order valence-corrected chi connectivity index (χ1v) is 9.94. The highest BCUT2D eigenvalue weighted by atomic mass is 32.2. The Morgan fingerprint density at radius 1 is 1.30 bits per heavy atom. The van der Waals surface area contributed by atoms with E-state index in [9.17, 15) is 8.42 Å². The van der Waals surface area contributed by atoms with Crippen LogP contribution in [0.2, 0.25) is 0 Å². The fraction of sp³-hybridized carbons (Fsp3) is 0.667. The van der Waals surface area contributed by atoms with Gasteiger partial charge in [-0.15, -0.1) is 0 Å². The number of aromatic nitrogens is 4. The smallest absolute Gasteiger partial charge is 0.226 e. The van der Waals surface area contributed by atoms with Crippen LogP contribution in [-0.2, 0) is 27.8 Å². The van der Waals surface area contributed by atoms with Gasteiger partial charge in [-0.2, -0.15) is 10.1 Å². The van der Waals surface area contributed by atoms with Crippen molar-refractivity contribution >= 4 is 9.84 Å². The molecule has 126 valence electrons. The lowest BCUT2D eigenvalue weighted by Crippen LogP contribution is -2.11. The number of nitrogens with zero attached hydrogens (tertiary/aromatic N) is 4. The molecule has 0 radical (unpaired) electrons. The Labute approximate surface area is 136 Å². The van der Waals surface area contributed by atoms with Crippen LogP contribution in [0.3, 0.4) is 0 Å². The van der Waals surface area contributed by atoms with Crippen molar-refractivity contribution in [2.45, 2.75) is 63.0 Å². The second kappa shape index (κ2) is 6.82. The summed E-state index contributed by atoms with van der Waals surface area (Å²) < 4.78 is 31.5. The summed E-state index contributed by atoms with van der Waals surface area (Å²) in [5.41, 5.74) is 0.578. The molecule has 8 heteroatoms. The van der Waals surface area contributed by atoms with Gasteiger partial charge in [0.05, 0.1) is 17.5 Å². The average Bonchev–Trinajstić information content (AvgIpc) is 3.19. The predicted molar refractivity (Wildman–Crippen MR) is 84.4 cm³/mol. The van der Waals surface area contributed by atoms with Gasteiger partial charge in [-0.3, -0.25) is 4.68 Å². The predicted octanol–water partition coefficient (Wildman–Crippen LogP) is 2.45. The largest absolute Gasteiger partial charge is 0.339 e. The highest BCUT2D eigenvalue weighted by Gasteiger charge is 2.21. The van der Waals surface area contributed by atoms with Crippen molar-refractivity contribution < 1.29 is 12.9 Å². The maximum atomic E-state index is 12.3. The fourth-order valence-corrected chi connectivity index (χ4v) is 4.18. The molecule has 1 saturated carbocycles. The summed E-state index contributed by atoms with van der Waals surface area (Å²) in [4.78, 5) is 4.11.